The molecule has 27 heavy (non-hydrogen) atoms. The van der Waals surface area contributed by atoms with Crippen molar-refractivity contribution in [3.63, 3.8) is 0 Å². The van der Waals surface area contributed by atoms with E-state index in [1.807, 2.05) is 41.9 Å². The summed E-state index contributed by atoms with van der Waals surface area (Å²) in [6, 6.07) is 10.1. The summed E-state index contributed by atoms with van der Waals surface area (Å²) in [6.45, 7) is 1.57. The first-order valence-electron chi connectivity index (χ1n) is 8.73. The summed E-state index contributed by atoms with van der Waals surface area (Å²) < 4.78 is 17.1. The maximum atomic E-state index is 11.9. The van der Waals surface area contributed by atoms with Gasteiger partial charge in [-0.2, -0.15) is 0 Å². The summed E-state index contributed by atoms with van der Waals surface area (Å²) in [6.07, 6.45) is 4.20. The number of imidazole rings is 1. The average molecular weight is 404 g/mol. The molecule has 2 unspecified atom stereocenters. The van der Waals surface area contributed by atoms with Crippen LogP contribution in [0.2, 0.25) is 5.02 Å². The van der Waals surface area contributed by atoms with Crippen LogP contribution in [0.25, 0.3) is 22.4 Å². The van der Waals surface area contributed by atoms with Crippen LogP contribution in [0, 0.1) is 0 Å². The molecule has 1 aliphatic heterocycles. The molecule has 142 valence electrons. The number of nitrogens with zero attached hydrogens (tertiary/aromatic N) is 4. The van der Waals surface area contributed by atoms with Crippen molar-refractivity contribution in [2.75, 3.05) is 24.2 Å². The Labute approximate surface area is 164 Å². The second-order valence-electron chi connectivity index (χ2n) is 7.06. The number of halogens is 1. The van der Waals surface area contributed by atoms with Crippen molar-refractivity contribution in [3.8, 4) is 11.4 Å². The molecule has 0 spiro atoms. The molecule has 4 rings (SSSR count). The molecule has 3 heterocycles. The van der Waals surface area contributed by atoms with Gasteiger partial charge in [0.25, 0.3) is 0 Å². The largest absolute Gasteiger partial charge is 0.355 e. The number of anilines is 1. The van der Waals surface area contributed by atoms with Crippen LogP contribution >= 0.6 is 11.6 Å². The highest BCUT2D eigenvalue weighted by Gasteiger charge is 2.25. The van der Waals surface area contributed by atoms with Gasteiger partial charge in [0.2, 0.25) is 0 Å². The van der Waals surface area contributed by atoms with E-state index in [2.05, 4.69) is 20.5 Å². The van der Waals surface area contributed by atoms with Gasteiger partial charge in [0, 0.05) is 53.9 Å². The molecule has 0 bridgehead atoms. The lowest BCUT2D eigenvalue weighted by Gasteiger charge is -2.19. The normalized spacial score (nSPS) is 19.5. The number of fused-ring (bicyclic) bond motifs is 1. The quantitative estimate of drug-likeness (QED) is 0.680. The van der Waals surface area contributed by atoms with Gasteiger partial charge in [0.05, 0.1) is 16.1 Å². The van der Waals surface area contributed by atoms with E-state index >= 15 is 0 Å². The Kier molecular flexibility index (Phi) is 4.61. The fourth-order valence-electron chi connectivity index (χ4n) is 3.58. The second-order valence-corrected chi connectivity index (χ2v) is 9.71. The molecule has 1 N–H and O–H groups in total. The summed E-state index contributed by atoms with van der Waals surface area (Å²) in [5.74, 6) is 5.34. The van der Waals surface area contributed by atoms with Gasteiger partial charge < -0.3 is 9.47 Å². The Balaban J connectivity index is 1.67. The average Bonchev–Trinajstić information content (AvgIpc) is 3.19. The molecule has 0 saturated carbocycles. The van der Waals surface area contributed by atoms with Gasteiger partial charge in [-0.05, 0) is 30.5 Å². The molecule has 1 saturated heterocycles. The van der Waals surface area contributed by atoms with E-state index in [0.717, 1.165) is 47.7 Å². The molecular weight excluding hydrogens is 382 g/mol. The van der Waals surface area contributed by atoms with Crippen molar-refractivity contribution in [2.24, 2.45) is 7.05 Å². The standard InChI is InChI=1S/C19H22ClN5OS/c1-24-17-7-5-4-6-16(17)22-19(24)14-10-18(21-11-15(14)20)25-9-8-13(12-25)23-27(2,3)26/h4-7,10-11,13H,2,8-9,12H2,1,3H3,(H,23,26). The maximum absolute atomic E-state index is 11.9. The number of aromatic nitrogens is 3. The Morgan fingerprint density at radius 1 is 1.37 bits per heavy atom. The molecule has 6 nitrogen and oxygen atoms in total. The van der Waals surface area contributed by atoms with Crippen LogP contribution in [0.15, 0.2) is 36.5 Å². The zero-order chi connectivity index (χ0) is 19.2. The molecule has 8 heteroatoms. The summed E-state index contributed by atoms with van der Waals surface area (Å²) in [4.78, 5) is 11.4. The number of hydrogen-bond donors (Lipinski definition) is 1. The topological polar surface area (TPSA) is 63.1 Å². The number of aryl methyl sites for hydroxylation is 1. The predicted octanol–water partition coefficient (Wildman–Crippen LogP) is 2.72. The minimum atomic E-state index is -2.22. The highest BCUT2D eigenvalue weighted by molar-refractivity contribution is 7.97. The molecular formula is C19H22ClN5OS. The van der Waals surface area contributed by atoms with E-state index in [1.165, 1.54) is 0 Å². The van der Waals surface area contributed by atoms with Gasteiger partial charge in [-0.25, -0.2) is 14.7 Å². The summed E-state index contributed by atoms with van der Waals surface area (Å²) in [5.41, 5.74) is 2.84. The van der Waals surface area contributed by atoms with Gasteiger partial charge in [-0.3, -0.25) is 4.21 Å². The van der Waals surface area contributed by atoms with Crippen LogP contribution in [-0.2, 0) is 16.8 Å². The van der Waals surface area contributed by atoms with Crippen LogP contribution in [0.3, 0.4) is 0 Å². The highest BCUT2D eigenvalue weighted by atomic mass is 35.5. The van der Waals surface area contributed by atoms with Crippen LogP contribution < -0.4 is 9.62 Å². The van der Waals surface area contributed by atoms with Crippen LogP contribution in [-0.4, -0.2) is 50.0 Å². The summed E-state index contributed by atoms with van der Waals surface area (Å²) in [5, 5.41) is 0.570. The van der Waals surface area contributed by atoms with E-state index in [-0.39, 0.29) is 6.04 Å². The Morgan fingerprint density at radius 3 is 2.89 bits per heavy atom. The van der Waals surface area contributed by atoms with Gasteiger partial charge in [0.1, 0.15) is 11.6 Å². The summed E-state index contributed by atoms with van der Waals surface area (Å²) in [7, 11) is -0.234. The Morgan fingerprint density at radius 2 is 2.15 bits per heavy atom. The summed E-state index contributed by atoms with van der Waals surface area (Å²) >= 11 is 6.46. The van der Waals surface area contributed by atoms with Crippen molar-refractivity contribution in [2.45, 2.75) is 12.5 Å². The minimum Gasteiger partial charge on any atom is -0.355 e. The first kappa shape index (κ1) is 18.3. The van der Waals surface area contributed by atoms with Crippen LogP contribution in [0.5, 0.6) is 0 Å². The van der Waals surface area contributed by atoms with E-state index in [9.17, 15) is 4.21 Å². The van der Waals surface area contributed by atoms with Crippen molar-refractivity contribution in [1.29, 1.82) is 0 Å². The van der Waals surface area contributed by atoms with E-state index in [0.29, 0.717) is 5.02 Å². The van der Waals surface area contributed by atoms with Gasteiger partial charge in [-0.1, -0.05) is 23.7 Å². The third-order valence-electron chi connectivity index (χ3n) is 4.80. The molecule has 2 atom stereocenters. The number of hydrogen-bond acceptors (Lipinski definition) is 4. The first-order valence-corrected chi connectivity index (χ1v) is 11.2. The predicted molar refractivity (Wildman–Crippen MR) is 114 cm³/mol. The van der Waals surface area contributed by atoms with E-state index < -0.39 is 9.71 Å². The van der Waals surface area contributed by atoms with Gasteiger partial charge in [-0.15, -0.1) is 0 Å². The zero-order valence-electron chi connectivity index (χ0n) is 15.4. The fourth-order valence-corrected chi connectivity index (χ4v) is 4.66. The lowest BCUT2D eigenvalue weighted by Crippen LogP contribution is -2.36. The molecule has 1 fully saturated rings. The zero-order valence-corrected chi connectivity index (χ0v) is 16.9. The van der Waals surface area contributed by atoms with Crippen molar-refractivity contribution in [1.82, 2.24) is 19.3 Å². The Hall–Kier alpha value is -2.09. The van der Waals surface area contributed by atoms with Crippen molar-refractivity contribution < 1.29 is 4.21 Å². The lowest BCUT2D eigenvalue weighted by atomic mass is 10.2. The van der Waals surface area contributed by atoms with Crippen LogP contribution in [0.4, 0.5) is 5.82 Å². The van der Waals surface area contributed by atoms with Gasteiger partial charge >= 0.3 is 0 Å². The Bertz CT molecular complexity index is 1110. The number of para-hydroxylation sites is 2. The van der Waals surface area contributed by atoms with Crippen molar-refractivity contribution in [3.05, 3.63) is 41.6 Å². The number of benzene rings is 1. The second kappa shape index (κ2) is 6.82. The number of nitrogens with one attached hydrogen (secondary N) is 1. The number of pyridine rings is 1. The molecule has 1 aromatic carbocycles. The molecule has 3 aromatic rings. The lowest BCUT2D eigenvalue weighted by molar-refractivity contribution is 0.639. The molecule has 0 aliphatic carbocycles. The maximum Gasteiger partial charge on any atom is 0.142 e. The van der Waals surface area contributed by atoms with Crippen LogP contribution in [0.1, 0.15) is 6.42 Å². The monoisotopic (exact) mass is 403 g/mol. The van der Waals surface area contributed by atoms with E-state index in [1.54, 1.807) is 12.5 Å². The SMILES string of the molecule is C=S(C)(=O)NC1CCN(c2cc(-c3nc4ccccc4n3C)c(Cl)cn2)C1. The molecule has 2 aromatic heterocycles. The molecule has 0 radical (unpaired) electrons. The molecule has 1 aliphatic rings. The van der Waals surface area contributed by atoms with Gasteiger partial charge in [0.15, 0.2) is 0 Å². The molecule has 0 amide bonds. The fraction of sp³-hybridized carbons (Fsp3) is 0.316. The van der Waals surface area contributed by atoms with E-state index in [4.69, 9.17) is 16.6 Å². The third-order valence-corrected chi connectivity index (χ3v) is 5.93. The number of rotatable bonds is 4. The highest BCUT2D eigenvalue weighted by Crippen LogP contribution is 2.32. The minimum absolute atomic E-state index is 0.136. The smallest absolute Gasteiger partial charge is 0.142 e. The third kappa shape index (κ3) is 3.67. The van der Waals surface area contributed by atoms with Crippen molar-refractivity contribution >= 4 is 44.0 Å². The first-order chi connectivity index (χ1) is 12.8.